The largest absolute Gasteiger partial charge is 0.497 e. The molecule has 1 N–H and O–H groups in total. The summed E-state index contributed by atoms with van der Waals surface area (Å²) in [5.41, 5.74) is 1.95. The minimum absolute atomic E-state index is 0.00650. The van der Waals surface area contributed by atoms with Crippen molar-refractivity contribution in [2.45, 2.75) is 6.92 Å². The summed E-state index contributed by atoms with van der Waals surface area (Å²) in [5.74, 6) is 0.499. The zero-order valence-corrected chi connectivity index (χ0v) is 12.8. The molecule has 2 rings (SSSR count). The molecule has 0 aliphatic carbocycles. The Morgan fingerprint density at radius 3 is 2.52 bits per heavy atom. The smallest absolute Gasteiger partial charge is 0.271 e. The highest BCUT2D eigenvalue weighted by Gasteiger charge is 2.07. The third-order valence-corrected chi connectivity index (χ3v) is 3.28. The molecular weight excluding hydrogens is 296 g/mol. The van der Waals surface area contributed by atoms with Crippen LogP contribution in [0, 0.1) is 17.0 Å². The van der Waals surface area contributed by atoms with Gasteiger partial charge in [0.15, 0.2) is 5.78 Å². The summed E-state index contributed by atoms with van der Waals surface area (Å²) in [4.78, 5) is 22.3. The molecule has 0 radical (unpaired) electrons. The molecule has 6 nitrogen and oxygen atoms in total. The van der Waals surface area contributed by atoms with Gasteiger partial charge in [-0.1, -0.05) is 6.07 Å². The number of benzene rings is 2. The van der Waals surface area contributed by atoms with Gasteiger partial charge < -0.3 is 10.1 Å². The van der Waals surface area contributed by atoms with Crippen LogP contribution in [-0.2, 0) is 0 Å². The summed E-state index contributed by atoms with van der Waals surface area (Å²) in [6, 6.07) is 11.3. The first kappa shape index (κ1) is 16.2. The van der Waals surface area contributed by atoms with Gasteiger partial charge in [0, 0.05) is 35.7 Å². The Kier molecular flexibility index (Phi) is 5.09. The van der Waals surface area contributed by atoms with Crippen LogP contribution in [0.3, 0.4) is 0 Å². The molecule has 0 heterocycles. The lowest BCUT2D eigenvalue weighted by Crippen LogP contribution is -1.98. The fourth-order valence-electron chi connectivity index (χ4n) is 1.94. The summed E-state index contributed by atoms with van der Waals surface area (Å²) in [7, 11) is 1.56. The van der Waals surface area contributed by atoms with Crippen molar-refractivity contribution in [1.82, 2.24) is 0 Å². The average Bonchev–Trinajstić information content (AvgIpc) is 2.56. The van der Waals surface area contributed by atoms with E-state index in [0.717, 1.165) is 5.56 Å². The number of hydrogen-bond acceptors (Lipinski definition) is 5. The molecular formula is C17H16N2O4. The molecule has 2 aromatic carbocycles. The number of carbonyl (C=O) groups excluding carboxylic acids is 1. The topological polar surface area (TPSA) is 81.5 Å². The lowest BCUT2D eigenvalue weighted by molar-refractivity contribution is -0.384. The van der Waals surface area contributed by atoms with E-state index in [2.05, 4.69) is 5.32 Å². The van der Waals surface area contributed by atoms with Gasteiger partial charge in [-0.15, -0.1) is 0 Å². The number of nitrogens with zero attached hydrogens (tertiary/aromatic N) is 1. The maximum Gasteiger partial charge on any atom is 0.271 e. The number of nitro groups is 1. The van der Waals surface area contributed by atoms with E-state index >= 15 is 0 Å². The third kappa shape index (κ3) is 4.16. The standard InChI is InChI=1S/C17H16N2O4/c1-12-3-6-14(19(21)22)11-16(12)18-10-9-17(20)13-4-7-15(23-2)8-5-13/h3-11,18H,1-2H3. The van der Waals surface area contributed by atoms with Crippen molar-refractivity contribution in [3.05, 3.63) is 76.0 Å². The Labute approximate surface area is 133 Å². The third-order valence-electron chi connectivity index (χ3n) is 3.28. The van der Waals surface area contributed by atoms with Crippen molar-refractivity contribution < 1.29 is 14.5 Å². The van der Waals surface area contributed by atoms with Gasteiger partial charge in [0.25, 0.3) is 5.69 Å². The molecule has 0 aromatic heterocycles. The van der Waals surface area contributed by atoms with Crippen molar-refractivity contribution in [3.8, 4) is 5.75 Å². The molecule has 0 amide bonds. The van der Waals surface area contributed by atoms with Crippen molar-refractivity contribution in [2.75, 3.05) is 12.4 Å². The van der Waals surface area contributed by atoms with Crippen molar-refractivity contribution in [2.24, 2.45) is 0 Å². The Hall–Kier alpha value is -3.15. The van der Waals surface area contributed by atoms with E-state index in [0.29, 0.717) is 17.0 Å². The molecule has 6 heteroatoms. The fraction of sp³-hybridized carbons (Fsp3) is 0.118. The second-order valence-electron chi connectivity index (χ2n) is 4.83. The first-order valence-electron chi connectivity index (χ1n) is 6.88. The first-order chi connectivity index (χ1) is 11.0. The summed E-state index contributed by atoms with van der Waals surface area (Å²) < 4.78 is 5.03. The lowest BCUT2D eigenvalue weighted by atomic mass is 10.1. The lowest BCUT2D eigenvalue weighted by Gasteiger charge is -2.05. The molecule has 2 aromatic rings. The monoisotopic (exact) mass is 312 g/mol. The van der Waals surface area contributed by atoms with Gasteiger partial charge in [-0.3, -0.25) is 14.9 Å². The van der Waals surface area contributed by atoms with Crippen LogP contribution in [0.4, 0.5) is 11.4 Å². The maximum absolute atomic E-state index is 12.0. The molecule has 0 saturated heterocycles. The van der Waals surface area contributed by atoms with Crippen LogP contribution in [-0.4, -0.2) is 17.8 Å². The van der Waals surface area contributed by atoms with Crippen molar-refractivity contribution in [1.29, 1.82) is 0 Å². The predicted molar refractivity (Wildman–Crippen MR) is 87.9 cm³/mol. The van der Waals surface area contributed by atoms with Gasteiger partial charge in [0.05, 0.1) is 12.0 Å². The molecule has 0 saturated carbocycles. The van der Waals surface area contributed by atoms with Gasteiger partial charge in [0.2, 0.25) is 0 Å². The fourth-order valence-corrected chi connectivity index (χ4v) is 1.94. The van der Waals surface area contributed by atoms with Crippen LogP contribution in [0.2, 0.25) is 0 Å². The number of anilines is 1. The molecule has 0 atom stereocenters. The number of allylic oxidation sites excluding steroid dienone is 1. The van der Waals surface area contributed by atoms with E-state index in [-0.39, 0.29) is 11.5 Å². The van der Waals surface area contributed by atoms with Gasteiger partial charge in [0.1, 0.15) is 5.75 Å². The van der Waals surface area contributed by atoms with Gasteiger partial charge in [-0.05, 0) is 36.8 Å². The van der Waals surface area contributed by atoms with Crippen molar-refractivity contribution in [3.63, 3.8) is 0 Å². The highest BCUT2D eigenvalue weighted by Crippen LogP contribution is 2.21. The van der Waals surface area contributed by atoms with Gasteiger partial charge in [-0.25, -0.2) is 0 Å². The molecule has 0 aliphatic rings. The second-order valence-corrected chi connectivity index (χ2v) is 4.83. The minimum Gasteiger partial charge on any atom is -0.497 e. The second kappa shape index (κ2) is 7.22. The summed E-state index contributed by atoms with van der Waals surface area (Å²) in [5, 5.41) is 13.7. The maximum atomic E-state index is 12.0. The minimum atomic E-state index is -0.461. The number of non-ortho nitro benzene ring substituents is 1. The average molecular weight is 312 g/mol. The first-order valence-corrected chi connectivity index (χ1v) is 6.88. The predicted octanol–water partition coefficient (Wildman–Crippen LogP) is 3.72. The molecule has 23 heavy (non-hydrogen) atoms. The van der Waals surface area contributed by atoms with E-state index < -0.39 is 4.92 Å². The van der Waals surface area contributed by atoms with Crippen LogP contribution >= 0.6 is 0 Å². The van der Waals surface area contributed by atoms with E-state index in [9.17, 15) is 14.9 Å². The SMILES string of the molecule is COc1ccc(C(=O)C=CNc2cc([N+](=O)[O-])ccc2C)cc1. The number of aryl methyl sites for hydroxylation is 1. The zero-order chi connectivity index (χ0) is 16.8. The number of ketones is 1. The highest BCUT2D eigenvalue weighted by molar-refractivity contribution is 6.04. The van der Waals surface area contributed by atoms with Crippen LogP contribution in [0.5, 0.6) is 5.75 Å². The number of nitro benzene ring substituents is 1. The van der Waals surface area contributed by atoms with E-state index in [1.807, 2.05) is 6.92 Å². The Balaban J connectivity index is 2.07. The summed E-state index contributed by atoms with van der Waals surface area (Å²) >= 11 is 0. The van der Waals surface area contributed by atoms with E-state index in [1.165, 1.54) is 24.4 Å². The van der Waals surface area contributed by atoms with Crippen LogP contribution in [0.15, 0.2) is 54.7 Å². The zero-order valence-electron chi connectivity index (χ0n) is 12.8. The molecule has 118 valence electrons. The number of ether oxygens (including phenoxy) is 1. The molecule has 0 bridgehead atoms. The Morgan fingerprint density at radius 1 is 1.22 bits per heavy atom. The number of methoxy groups -OCH3 is 1. The molecule has 0 fully saturated rings. The quantitative estimate of drug-likeness (QED) is 0.380. The van der Waals surface area contributed by atoms with Crippen LogP contribution in [0.1, 0.15) is 15.9 Å². The normalized spacial score (nSPS) is 10.5. The number of carbonyl (C=O) groups is 1. The Bertz CT molecular complexity index is 752. The Morgan fingerprint density at radius 2 is 1.91 bits per heavy atom. The van der Waals surface area contributed by atoms with E-state index in [1.54, 1.807) is 37.4 Å². The summed E-state index contributed by atoms with van der Waals surface area (Å²) in [6.45, 7) is 1.82. The molecule has 0 spiro atoms. The summed E-state index contributed by atoms with van der Waals surface area (Å²) in [6.07, 6.45) is 2.85. The van der Waals surface area contributed by atoms with Gasteiger partial charge in [-0.2, -0.15) is 0 Å². The number of rotatable bonds is 6. The van der Waals surface area contributed by atoms with Crippen LogP contribution in [0.25, 0.3) is 0 Å². The van der Waals surface area contributed by atoms with Gasteiger partial charge >= 0.3 is 0 Å². The highest BCUT2D eigenvalue weighted by atomic mass is 16.6. The van der Waals surface area contributed by atoms with E-state index in [4.69, 9.17) is 4.74 Å². The van der Waals surface area contributed by atoms with Crippen LogP contribution < -0.4 is 10.1 Å². The number of nitrogens with one attached hydrogen (secondary N) is 1. The molecule has 0 aliphatic heterocycles. The number of hydrogen-bond donors (Lipinski definition) is 1. The molecule has 0 unspecified atom stereocenters. The van der Waals surface area contributed by atoms with Crippen molar-refractivity contribution >= 4 is 17.2 Å².